The van der Waals surface area contributed by atoms with Crippen LogP contribution in [0.15, 0.2) is 0 Å². The fourth-order valence-corrected chi connectivity index (χ4v) is 3.70. The predicted molar refractivity (Wildman–Crippen MR) is 50.1 cm³/mol. The summed E-state index contributed by atoms with van der Waals surface area (Å²) in [6.45, 7) is 4.42. The second-order valence-electron chi connectivity index (χ2n) is 3.56. The first-order chi connectivity index (χ1) is 5.26. The van der Waals surface area contributed by atoms with Crippen molar-refractivity contribution >= 4 is 10.8 Å². The maximum absolute atomic E-state index is 11.3. The normalized spacial score (nSPS) is 38.9. The summed E-state index contributed by atoms with van der Waals surface area (Å²) in [5, 5.41) is 0. The van der Waals surface area contributed by atoms with Gasteiger partial charge in [-0.05, 0) is 18.3 Å². The molecule has 2 atom stereocenters. The molecule has 0 radical (unpaired) electrons. The molecule has 0 N–H and O–H groups in total. The summed E-state index contributed by atoms with van der Waals surface area (Å²) in [6.07, 6.45) is 3.74. The molecule has 1 fully saturated rings. The summed E-state index contributed by atoms with van der Waals surface area (Å²) < 4.78 is 11.3. The van der Waals surface area contributed by atoms with E-state index in [0.29, 0.717) is 0 Å². The molecule has 1 saturated heterocycles. The zero-order valence-electron chi connectivity index (χ0n) is 7.51. The number of hydrogen-bond donors (Lipinski definition) is 0. The van der Waals surface area contributed by atoms with Crippen LogP contribution in [0.25, 0.3) is 0 Å². The molecule has 0 aliphatic carbocycles. The summed E-state index contributed by atoms with van der Waals surface area (Å²) in [5.74, 6) is 3.42. The van der Waals surface area contributed by atoms with E-state index >= 15 is 0 Å². The molecule has 0 amide bonds. The van der Waals surface area contributed by atoms with Gasteiger partial charge in [-0.25, -0.2) is 0 Å². The Morgan fingerprint density at radius 3 is 2.00 bits per heavy atom. The van der Waals surface area contributed by atoms with E-state index in [1.807, 2.05) is 0 Å². The minimum Gasteiger partial charge on any atom is -0.260 e. The van der Waals surface area contributed by atoms with Crippen LogP contribution in [-0.4, -0.2) is 15.7 Å². The van der Waals surface area contributed by atoms with Crippen molar-refractivity contribution in [3.63, 3.8) is 0 Å². The minimum atomic E-state index is -0.500. The van der Waals surface area contributed by atoms with Crippen LogP contribution in [0.4, 0.5) is 0 Å². The lowest BCUT2D eigenvalue weighted by Crippen LogP contribution is -2.27. The van der Waals surface area contributed by atoms with Gasteiger partial charge in [0.25, 0.3) is 0 Å². The lowest BCUT2D eigenvalue weighted by Gasteiger charge is -2.26. The first kappa shape index (κ1) is 9.24. The highest BCUT2D eigenvalue weighted by atomic mass is 32.2. The van der Waals surface area contributed by atoms with Gasteiger partial charge in [0.1, 0.15) is 0 Å². The lowest BCUT2D eigenvalue weighted by molar-refractivity contribution is 0.386. The highest BCUT2D eigenvalue weighted by molar-refractivity contribution is 7.85. The van der Waals surface area contributed by atoms with Gasteiger partial charge in [0.15, 0.2) is 0 Å². The van der Waals surface area contributed by atoms with E-state index in [9.17, 15) is 4.21 Å². The first-order valence-corrected chi connectivity index (χ1v) is 6.10. The van der Waals surface area contributed by atoms with Crippen LogP contribution in [0.2, 0.25) is 0 Å². The summed E-state index contributed by atoms with van der Waals surface area (Å²) >= 11 is 0. The molecule has 0 aromatic heterocycles. The molecule has 1 rings (SSSR count). The monoisotopic (exact) mass is 174 g/mol. The van der Waals surface area contributed by atoms with Gasteiger partial charge in [0, 0.05) is 22.3 Å². The third-order valence-corrected chi connectivity index (χ3v) is 4.35. The van der Waals surface area contributed by atoms with Crippen molar-refractivity contribution in [2.75, 3.05) is 11.5 Å². The Bertz CT molecular complexity index is 130. The molecular formula is C9H18OS. The smallest absolute Gasteiger partial charge is 0.0263 e. The quantitative estimate of drug-likeness (QED) is 0.627. The fraction of sp³-hybridized carbons (Fsp3) is 1.00. The zero-order chi connectivity index (χ0) is 8.27. The molecule has 0 saturated carbocycles. The van der Waals surface area contributed by atoms with Crippen molar-refractivity contribution in [3.05, 3.63) is 0 Å². The van der Waals surface area contributed by atoms with Crippen LogP contribution in [0, 0.1) is 11.8 Å². The van der Waals surface area contributed by atoms with E-state index < -0.39 is 10.8 Å². The lowest BCUT2D eigenvalue weighted by atomic mass is 9.93. The van der Waals surface area contributed by atoms with Gasteiger partial charge in [0.2, 0.25) is 0 Å². The summed E-state index contributed by atoms with van der Waals surface area (Å²) in [6, 6.07) is 0. The maximum atomic E-state index is 11.3. The molecule has 66 valence electrons. The van der Waals surface area contributed by atoms with Crippen molar-refractivity contribution in [3.8, 4) is 0 Å². The van der Waals surface area contributed by atoms with E-state index in [-0.39, 0.29) is 0 Å². The molecule has 11 heavy (non-hydrogen) atoms. The Kier molecular flexibility index (Phi) is 3.57. The van der Waals surface area contributed by atoms with Crippen LogP contribution >= 0.6 is 0 Å². The molecule has 2 heteroatoms. The fourth-order valence-electron chi connectivity index (χ4n) is 1.77. The van der Waals surface area contributed by atoms with Crippen LogP contribution in [-0.2, 0) is 10.8 Å². The third kappa shape index (κ3) is 2.58. The van der Waals surface area contributed by atoms with Gasteiger partial charge in [-0.2, -0.15) is 0 Å². The van der Waals surface area contributed by atoms with E-state index in [4.69, 9.17) is 0 Å². The van der Waals surface area contributed by atoms with Gasteiger partial charge in [-0.15, -0.1) is 0 Å². The Morgan fingerprint density at radius 1 is 1.18 bits per heavy atom. The molecule has 0 aromatic carbocycles. The van der Waals surface area contributed by atoms with E-state index in [0.717, 1.165) is 23.3 Å². The van der Waals surface area contributed by atoms with Crippen LogP contribution < -0.4 is 0 Å². The topological polar surface area (TPSA) is 17.1 Å². The average Bonchev–Trinajstić information content (AvgIpc) is 2.03. The van der Waals surface area contributed by atoms with Crippen LogP contribution in [0.3, 0.4) is 0 Å². The van der Waals surface area contributed by atoms with Gasteiger partial charge in [-0.1, -0.05) is 26.7 Å². The molecule has 1 heterocycles. The third-order valence-electron chi connectivity index (χ3n) is 2.66. The maximum Gasteiger partial charge on any atom is 0.0263 e. The molecule has 0 spiro atoms. The molecule has 1 nitrogen and oxygen atoms in total. The largest absolute Gasteiger partial charge is 0.260 e. The van der Waals surface area contributed by atoms with Crippen molar-refractivity contribution in [1.29, 1.82) is 0 Å². The Hall–Kier alpha value is 0.150. The first-order valence-electron chi connectivity index (χ1n) is 4.61. The molecule has 0 aromatic rings. The Labute approximate surface area is 72.0 Å². The van der Waals surface area contributed by atoms with Gasteiger partial charge in [0.05, 0.1) is 0 Å². The van der Waals surface area contributed by atoms with E-state index in [2.05, 4.69) is 13.8 Å². The molecule has 1 aliphatic rings. The number of rotatable bonds is 2. The molecule has 0 bridgehead atoms. The molecule has 2 unspecified atom stereocenters. The van der Waals surface area contributed by atoms with Gasteiger partial charge < -0.3 is 0 Å². The number of hydrogen-bond acceptors (Lipinski definition) is 1. The Morgan fingerprint density at radius 2 is 1.64 bits per heavy atom. The van der Waals surface area contributed by atoms with Gasteiger partial charge >= 0.3 is 0 Å². The Balaban J connectivity index is 2.43. The standard InChI is InChI=1S/C9H18OS/c1-3-8-5-9(4-2)7-11(10)6-8/h8-9H,3-7H2,1-2H3. The van der Waals surface area contributed by atoms with Crippen LogP contribution in [0.5, 0.6) is 0 Å². The van der Waals surface area contributed by atoms with Crippen molar-refractivity contribution in [1.82, 2.24) is 0 Å². The predicted octanol–water partition coefficient (Wildman–Crippen LogP) is 2.19. The van der Waals surface area contributed by atoms with Crippen molar-refractivity contribution < 1.29 is 4.21 Å². The summed E-state index contributed by atoms with van der Waals surface area (Å²) in [4.78, 5) is 0. The van der Waals surface area contributed by atoms with Crippen molar-refractivity contribution in [2.24, 2.45) is 11.8 Å². The second kappa shape index (κ2) is 4.24. The summed E-state index contributed by atoms with van der Waals surface area (Å²) in [5.41, 5.74) is 0. The zero-order valence-corrected chi connectivity index (χ0v) is 8.32. The summed E-state index contributed by atoms with van der Waals surface area (Å²) in [7, 11) is -0.500. The molecule has 1 aliphatic heterocycles. The second-order valence-corrected chi connectivity index (χ2v) is 5.10. The van der Waals surface area contributed by atoms with Crippen molar-refractivity contribution in [2.45, 2.75) is 33.1 Å². The highest BCUT2D eigenvalue weighted by Gasteiger charge is 2.23. The van der Waals surface area contributed by atoms with Gasteiger partial charge in [-0.3, -0.25) is 4.21 Å². The molecular weight excluding hydrogens is 156 g/mol. The SMILES string of the molecule is CCC1CC(CC)CS(=O)C1. The van der Waals surface area contributed by atoms with E-state index in [1.165, 1.54) is 19.3 Å². The minimum absolute atomic E-state index is 0.500. The van der Waals surface area contributed by atoms with E-state index in [1.54, 1.807) is 0 Å². The van der Waals surface area contributed by atoms with Crippen LogP contribution in [0.1, 0.15) is 33.1 Å². The highest BCUT2D eigenvalue weighted by Crippen LogP contribution is 2.25. The average molecular weight is 174 g/mol.